The van der Waals surface area contributed by atoms with Gasteiger partial charge in [-0.2, -0.15) is 5.10 Å². The molecule has 0 radical (unpaired) electrons. The summed E-state index contributed by atoms with van der Waals surface area (Å²) in [5.74, 6) is 0.833. The van der Waals surface area contributed by atoms with Crippen molar-refractivity contribution in [3.8, 4) is 28.4 Å². The summed E-state index contributed by atoms with van der Waals surface area (Å²) in [6.45, 7) is 5.86. The molecule has 3 heterocycles. The molecule has 226 valence electrons. The standard InChI is InChI=1S/C35H30N4O5S/c1-5-19-44-28-17-11-23(12-18-28)31-25(21-38(37-31)26-9-7-6-8-10-26)20-29-33(40)39-32(24-13-15-27(42-3)16-14-24)30(34(41)43-4)22(2)36-35(39)45-29/h5-18,20-21,32H,1,19H2,2-4H3. The van der Waals surface area contributed by atoms with Crippen LogP contribution in [0.1, 0.15) is 24.1 Å². The van der Waals surface area contributed by atoms with E-state index in [1.54, 1.807) is 41.5 Å². The van der Waals surface area contributed by atoms with Crippen LogP contribution < -0.4 is 24.4 Å². The van der Waals surface area contributed by atoms with Gasteiger partial charge in [-0.1, -0.05) is 54.3 Å². The van der Waals surface area contributed by atoms with Crippen molar-refractivity contribution in [2.24, 2.45) is 4.99 Å². The van der Waals surface area contributed by atoms with Gasteiger partial charge >= 0.3 is 5.97 Å². The van der Waals surface area contributed by atoms with Crippen LogP contribution in [0.5, 0.6) is 11.5 Å². The van der Waals surface area contributed by atoms with Gasteiger partial charge in [-0.15, -0.1) is 0 Å². The molecule has 0 fully saturated rings. The summed E-state index contributed by atoms with van der Waals surface area (Å²) < 4.78 is 19.9. The number of ether oxygens (including phenoxy) is 3. The first-order valence-electron chi connectivity index (χ1n) is 14.2. The molecule has 45 heavy (non-hydrogen) atoms. The Morgan fingerprint density at radius 3 is 2.38 bits per heavy atom. The quantitative estimate of drug-likeness (QED) is 0.173. The van der Waals surface area contributed by atoms with Gasteiger partial charge in [-0.05, 0) is 67.1 Å². The molecular formula is C35H30N4O5S. The Balaban J connectivity index is 1.52. The van der Waals surface area contributed by atoms with Gasteiger partial charge in [0.15, 0.2) is 4.80 Å². The van der Waals surface area contributed by atoms with Crippen molar-refractivity contribution in [2.75, 3.05) is 20.8 Å². The fourth-order valence-electron chi connectivity index (χ4n) is 5.23. The van der Waals surface area contributed by atoms with Crippen LogP contribution in [0.25, 0.3) is 23.0 Å². The van der Waals surface area contributed by atoms with Crippen molar-refractivity contribution < 1.29 is 19.0 Å². The van der Waals surface area contributed by atoms with Crippen LogP contribution in [0.15, 0.2) is 119 Å². The van der Waals surface area contributed by atoms with Gasteiger partial charge in [0.1, 0.15) is 23.8 Å². The minimum Gasteiger partial charge on any atom is -0.497 e. The fourth-order valence-corrected chi connectivity index (χ4v) is 6.27. The number of esters is 1. The Morgan fingerprint density at radius 1 is 1.00 bits per heavy atom. The third-order valence-electron chi connectivity index (χ3n) is 7.40. The first-order valence-corrected chi connectivity index (χ1v) is 15.0. The molecule has 0 amide bonds. The van der Waals surface area contributed by atoms with Crippen LogP contribution >= 0.6 is 11.3 Å². The predicted molar refractivity (Wildman–Crippen MR) is 173 cm³/mol. The van der Waals surface area contributed by atoms with Crippen molar-refractivity contribution in [3.05, 3.63) is 140 Å². The van der Waals surface area contributed by atoms with Gasteiger partial charge in [0, 0.05) is 17.3 Å². The molecule has 1 unspecified atom stereocenters. The van der Waals surface area contributed by atoms with E-state index in [1.807, 2.05) is 79.0 Å². The summed E-state index contributed by atoms with van der Waals surface area (Å²) in [4.78, 5) is 32.4. The number of carbonyl (C=O) groups excluding carboxylic acids is 1. The zero-order valence-corrected chi connectivity index (χ0v) is 25.8. The van der Waals surface area contributed by atoms with E-state index >= 15 is 0 Å². The maximum Gasteiger partial charge on any atom is 0.338 e. The first-order chi connectivity index (χ1) is 21.9. The summed E-state index contributed by atoms with van der Waals surface area (Å²) in [5, 5.41) is 4.91. The van der Waals surface area contributed by atoms with Crippen molar-refractivity contribution >= 4 is 23.4 Å². The number of hydrogen-bond donors (Lipinski definition) is 0. The first kappa shape index (κ1) is 29.6. The summed E-state index contributed by atoms with van der Waals surface area (Å²) in [5.41, 5.74) is 4.42. The fraction of sp³-hybridized carbons (Fsp3) is 0.143. The average molecular weight is 619 g/mol. The topological polar surface area (TPSA) is 96.9 Å². The summed E-state index contributed by atoms with van der Waals surface area (Å²) in [7, 11) is 2.91. The van der Waals surface area contributed by atoms with Crippen LogP contribution in [0.4, 0.5) is 0 Å². The number of hydrogen-bond acceptors (Lipinski definition) is 8. The van der Waals surface area contributed by atoms with E-state index in [4.69, 9.17) is 19.3 Å². The molecule has 10 heteroatoms. The lowest BCUT2D eigenvalue weighted by Gasteiger charge is -2.24. The third-order valence-corrected chi connectivity index (χ3v) is 8.39. The molecule has 3 aromatic carbocycles. The summed E-state index contributed by atoms with van der Waals surface area (Å²) >= 11 is 1.26. The second-order valence-corrected chi connectivity index (χ2v) is 11.2. The van der Waals surface area contributed by atoms with E-state index in [9.17, 15) is 9.59 Å². The monoisotopic (exact) mass is 618 g/mol. The molecule has 0 spiro atoms. The molecule has 1 aliphatic rings. The zero-order valence-electron chi connectivity index (χ0n) is 25.0. The molecule has 5 aromatic rings. The summed E-state index contributed by atoms with van der Waals surface area (Å²) in [6.07, 6.45) is 5.42. The van der Waals surface area contributed by atoms with Gasteiger partial charge in [0.2, 0.25) is 0 Å². The number of carbonyl (C=O) groups is 1. The van der Waals surface area contributed by atoms with Crippen LogP contribution in [0.2, 0.25) is 0 Å². The van der Waals surface area contributed by atoms with E-state index in [2.05, 4.69) is 11.6 Å². The van der Waals surface area contributed by atoms with Crippen molar-refractivity contribution in [1.29, 1.82) is 0 Å². The number of fused-ring (bicyclic) bond motifs is 1. The minimum absolute atomic E-state index is 0.278. The number of nitrogens with zero attached hydrogens (tertiary/aromatic N) is 4. The third kappa shape index (κ3) is 5.75. The Morgan fingerprint density at radius 2 is 1.71 bits per heavy atom. The van der Waals surface area contributed by atoms with Gasteiger partial charge in [0.05, 0.1) is 41.8 Å². The maximum absolute atomic E-state index is 14.2. The molecule has 6 rings (SSSR count). The van der Waals surface area contributed by atoms with Crippen LogP contribution in [-0.4, -0.2) is 41.1 Å². The van der Waals surface area contributed by atoms with E-state index < -0.39 is 12.0 Å². The molecule has 0 saturated heterocycles. The number of rotatable bonds is 9. The van der Waals surface area contributed by atoms with E-state index in [0.29, 0.717) is 44.4 Å². The Bertz CT molecular complexity index is 2090. The highest BCUT2D eigenvalue weighted by Crippen LogP contribution is 2.32. The average Bonchev–Trinajstić information content (AvgIpc) is 3.63. The van der Waals surface area contributed by atoms with Gasteiger partial charge in [-0.3, -0.25) is 9.36 Å². The number of methoxy groups -OCH3 is 2. The van der Waals surface area contributed by atoms with E-state index in [1.165, 1.54) is 18.4 Å². The Labute approximate surface area is 263 Å². The summed E-state index contributed by atoms with van der Waals surface area (Å²) in [6, 6.07) is 23.9. The molecule has 0 bridgehead atoms. The number of benzene rings is 3. The lowest BCUT2D eigenvalue weighted by atomic mass is 9.96. The number of aromatic nitrogens is 3. The molecule has 1 aliphatic heterocycles. The lowest BCUT2D eigenvalue weighted by Crippen LogP contribution is -2.39. The van der Waals surface area contributed by atoms with Crippen LogP contribution in [0.3, 0.4) is 0 Å². The van der Waals surface area contributed by atoms with E-state index in [0.717, 1.165) is 22.4 Å². The van der Waals surface area contributed by atoms with Gasteiger partial charge in [-0.25, -0.2) is 14.5 Å². The molecule has 0 aliphatic carbocycles. The normalized spacial score (nSPS) is 14.5. The molecule has 0 N–H and O–H groups in total. The van der Waals surface area contributed by atoms with Gasteiger partial charge in [0.25, 0.3) is 5.56 Å². The molecule has 9 nitrogen and oxygen atoms in total. The highest BCUT2D eigenvalue weighted by Gasteiger charge is 2.33. The molecule has 2 aromatic heterocycles. The van der Waals surface area contributed by atoms with E-state index in [-0.39, 0.29) is 5.56 Å². The molecular weight excluding hydrogens is 588 g/mol. The number of allylic oxidation sites excluding steroid dienone is 1. The van der Waals surface area contributed by atoms with Crippen molar-refractivity contribution in [1.82, 2.24) is 14.3 Å². The Kier molecular flexibility index (Phi) is 8.30. The SMILES string of the molecule is C=CCOc1ccc(-c2nn(-c3ccccc3)cc2C=c2sc3n(c2=O)C(c2ccc(OC)cc2)C(C(=O)OC)=C(C)N=3)cc1. The van der Waals surface area contributed by atoms with Gasteiger partial charge < -0.3 is 14.2 Å². The minimum atomic E-state index is -0.726. The second kappa shape index (κ2) is 12.6. The lowest BCUT2D eigenvalue weighted by molar-refractivity contribution is -0.136. The van der Waals surface area contributed by atoms with Crippen molar-refractivity contribution in [2.45, 2.75) is 13.0 Å². The predicted octanol–water partition coefficient (Wildman–Crippen LogP) is 4.83. The largest absolute Gasteiger partial charge is 0.497 e. The van der Waals surface area contributed by atoms with Crippen LogP contribution in [-0.2, 0) is 9.53 Å². The number of para-hydroxylation sites is 1. The number of thiazole rings is 1. The highest BCUT2D eigenvalue weighted by atomic mass is 32.1. The highest BCUT2D eigenvalue weighted by molar-refractivity contribution is 7.07. The smallest absolute Gasteiger partial charge is 0.338 e. The van der Waals surface area contributed by atoms with Crippen LogP contribution in [0, 0.1) is 0 Å². The Hall–Kier alpha value is -5.48. The zero-order chi connectivity index (χ0) is 31.5. The maximum atomic E-state index is 14.2. The second-order valence-electron chi connectivity index (χ2n) is 10.2. The molecule has 1 atom stereocenters. The van der Waals surface area contributed by atoms with Crippen molar-refractivity contribution in [3.63, 3.8) is 0 Å². The molecule has 0 saturated carbocycles.